The number of ether oxygens (including phenoxy) is 4. The van der Waals surface area contributed by atoms with E-state index in [1.807, 2.05) is 12.1 Å². The molecule has 0 fully saturated rings. The maximum absolute atomic E-state index is 12.8. The van der Waals surface area contributed by atoms with Crippen molar-refractivity contribution >= 4 is 28.4 Å². The number of hydrogen-bond acceptors (Lipinski definition) is 7. The summed E-state index contributed by atoms with van der Waals surface area (Å²) in [5.41, 5.74) is 1.29. The smallest absolute Gasteiger partial charge is 0.261 e. The van der Waals surface area contributed by atoms with Gasteiger partial charge in [-0.15, -0.1) is 0 Å². The first-order valence-corrected chi connectivity index (χ1v) is 11.3. The number of hydrogen-bond donors (Lipinski definition) is 1. The largest absolute Gasteiger partial charge is 0.493 e. The highest BCUT2D eigenvalue weighted by Crippen LogP contribution is 2.38. The average molecular weight is 488 g/mol. The summed E-state index contributed by atoms with van der Waals surface area (Å²) in [6, 6.07) is 7.00. The van der Waals surface area contributed by atoms with Crippen LogP contribution in [0.2, 0.25) is 5.02 Å². The molecule has 34 heavy (non-hydrogen) atoms. The first-order chi connectivity index (χ1) is 16.5. The Morgan fingerprint density at radius 1 is 1.15 bits per heavy atom. The molecule has 4 rings (SSSR count). The Kier molecular flexibility index (Phi) is 7.42. The number of nitrogens with one attached hydrogen (secondary N) is 1. The third-order valence-corrected chi connectivity index (χ3v) is 5.81. The van der Waals surface area contributed by atoms with Gasteiger partial charge in [0.1, 0.15) is 13.2 Å². The van der Waals surface area contributed by atoms with Gasteiger partial charge in [0.05, 0.1) is 36.5 Å². The topological polar surface area (TPSA) is 101 Å². The minimum absolute atomic E-state index is 0.0863. The number of carbonyl (C=O) groups excluding carboxylic acids is 1. The molecule has 0 saturated carbocycles. The number of rotatable bonds is 9. The van der Waals surface area contributed by atoms with Crippen LogP contribution in [0.3, 0.4) is 0 Å². The van der Waals surface area contributed by atoms with E-state index in [-0.39, 0.29) is 17.9 Å². The van der Waals surface area contributed by atoms with Crippen LogP contribution >= 0.6 is 11.6 Å². The van der Waals surface area contributed by atoms with Crippen molar-refractivity contribution in [1.82, 2.24) is 14.9 Å². The van der Waals surface area contributed by atoms with Crippen LogP contribution in [0.1, 0.15) is 18.4 Å². The molecule has 0 bridgehead atoms. The fraction of sp³-hybridized carbons (Fsp3) is 0.375. The van der Waals surface area contributed by atoms with Crippen molar-refractivity contribution in [3.8, 4) is 23.0 Å². The van der Waals surface area contributed by atoms with E-state index in [2.05, 4.69) is 10.3 Å². The molecule has 2 heterocycles. The molecule has 1 aliphatic rings. The van der Waals surface area contributed by atoms with Crippen molar-refractivity contribution in [3.05, 3.63) is 51.5 Å². The molecule has 0 saturated heterocycles. The third-order valence-electron chi connectivity index (χ3n) is 5.52. The van der Waals surface area contributed by atoms with Crippen molar-refractivity contribution in [2.45, 2.75) is 25.8 Å². The predicted molar refractivity (Wildman–Crippen MR) is 127 cm³/mol. The second-order valence-electron chi connectivity index (χ2n) is 7.77. The van der Waals surface area contributed by atoms with E-state index < -0.39 is 0 Å². The molecular formula is C24H26ClN3O6. The molecule has 10 heteroatoms. The summed E-state index contributed by atoms with van der Waals surface area (Å²) in [5, 5.41) is 3.84. The molecular weight excluding hydrogens is 462 g/mol. The number of methoxy groups -OCH3 is 2. The standard InChI is InChI=1S/C24H26ClN3O6/c1-31-19-12-16-18(13-20(19)32-2)27-14-28(24(16)30)7-3-4-22(29)26-6-5-15-10-17(25)23-21(11-15)33-8-9-34-23/h10-14H,3-9H2,1-2H3,(H,26,29). The molecule has 9 nitrogen and oxygen atoms in total. The molecule has 0 atom stereocenters. The Bertz CT molecular complexity index is 1260. The molecule has 1 aromatic heterocycles. The minimum atomic E-state index is -0.193. The van der Waals surface area contributed by atoms with Gasteiger partial charge >= 0.3 is 0 Å². The zero-order chi connectivity index (χ0) is 24.1. The molecule has 1 amide bonds. The van der Waals surface area contributed by atoms with Gasteiger partial charge in [0, 0.05) is 25.6 Å². The lowest BCUT2D eigenvalue weighted by molar-refractivity contribution is -0.121. The first-order valence-electron chi connectivity index (χ1n) is 11.0. The third kappa shape index (κ3) is 5.20. The van der Waals surface area contributed by atoms with Crippen molar-refractivity contribution < 1.29 is 23.7 Å². The molecule has 0 aliphatic carbocycles. The van der Waals surface area contributed by atoms with Crippen molar-refractivity contribution in [1.29, 1.82) is 0 Å². The summed E-state index contributed by atoms with van der Waals surface area (Å²) in [6.45, 7) is 1.81. The van der Waals surface area contributed by atoms with Crippen LogP contribution in [0.5, 0.6) is 23.0 Å². The fourth-order valence-electron chi connectivity index (χ4n) is 3.80. The van der Waals surface area contributed by atoms with E-state index in [0.29, 0.717) is 78.1 Å². The number of nitrogens with zero attached hydrogens (tertiary/aromatic N) is 2. The van der Waals surface area contributed by atoms with E-state index in [1.165, 1.54) is 25.1 Å². The molecule has 2 aromatic carbocycles. The molecule has 180 valence electrons. The van der Waals surface area contributed by atoms with Crippen LogP contribution in [0, 0.1) is 0 Å². The number of carbonyl (C=O) groups is 1. The Labute approximate surface area is 201 Å². The number of amides is 1. The Balaban J connectivity index is 1.29. The van der Waals surface area contributed by atoms with Gasteiger partial charge in [0.15, 0.2) is 23.0 Å². The Morgan fingerprint density at radius 2 is 1.91 bits per heavy atom. The molecule has 0 spiro atoms. The van der Waals surface area contributed by atoms with E-state index in [1.54, 1.807) is 12.1 Å². The van der Waals surface area contributed by atoms with Crippen LogP contribution in [-0.4, -0.2) is 49.4 Å². The Morgan fingerprint density at radius 3 is 2.71 bits per heavy atom. The van der Waals surface area contributed by atoms with Crippen LogP contribution in [0.4, 0.5) is 0 Å². The van der Waals surface area contributed by atoms with Gasteiger partial charge < -0.3 is 24.3 Å². The predicted octanol–water partition coefficient (Wildman–Crippen LogP) is 2.98. The summed E-state index contributed by atoms with van der Waals surface area (Å²) in [4.78, 5) is 29.4. The van der Waals surface area contributed by atoms with Crippen LogP contribution in [0.15, 0.2) is 35.4 Å². The van der Waals surface area contributed by atoms with Crippen LogP contribution in [0.25, 0.3) is 10.9 Å². The highest BCUT2D eigenvalue weighted by Gasteiger charge is 2.17. The quantitative estimate of drug-likeness (QED) is 0.495. The van der Waals surface area contributed by atoms with Gasteiger partial charge in [0.25, 0.3) is 5.56 Å². The van der Waals surface area contributed by atoms with Gasteiger partial charge in [-0.3, -0.25) is 14.2 Å². The second-order valence-corrected chi connectivity index (χ2v) is 8.18. The normalized spacial score (nSPS) is 12.4. The summed E-state index contributed by atoms with van der Waals surface area (Å²) in [7, 11) is 3.04. The van der Waals surface area contributed by atoms with Gasteiger partial charge in [-0.25, -0.2) is 4.98 Å². The van der Waals surface area contributed by atoms with Gasteiger partial charge in [0.2, 0.25) is 5.91 Å². The highest BCUT2D eigenvalue weighted by atomic mass is 35.5. The lowest BCUT2D eigenvalue weighted by atomic mass is 10.1. The maximum atomic E-state index is 12.8. The second kappa shape index (κ2) is 10.6. The van der Waals surface area contributed by atoms with Gasteiger partial charge in [-0.2, -0.15) is 0 Å². The summed E-state index contributed by atoms with van der Waals surface area (Å²) in [6.07, 6.45) is 2.89. The maximum Gasteiger partial charge on any atom is 0.261 e. The SMILES string of the molecule is COc1cc2ncn(CCCC(=O)NCCc3cc(Cl)c4c(c3)OCCO4)c(=O)c2cc1OC. The van der Waals surface area contributed by atoms with Crippen LogP contribution in [-0.2, 0) is 17.8 Å². The van der Waals surface area contributed by atoms with Gasteiger partial charge in [-0.1, -0.05) is 11.6 Å². The first kappa shape index (κ1) is 23.7. The molecule has 0 radical (unpaired) electrons. The van der Waals surface area contributed by atoms with Gasteiger partial charge in [-0.05, 0) is 36.6 Å². The molecule has 0 unspecified atom stereocenters. The van der Waals surface area contributed by atoms with Crippen molar-refractivity contribution in [2.24, 2.45) is 0 Å². The van der Waals surface area contributed by atoms with Crippen molar-refractivity contribution in [3.63, 3.8) is 0 Å². The zero-order valence-corrected chi connectivity index (χ0v) is 19.8. The highest BCUT2D eigenvalue weighted by molar-refractivity contribution is 6.32. The fourth-order valence-corrected chi connectivity index (χ4v) is 4.09. The van der Waals surface area contributed by atoms with Crippen molar-refractivity contribution in [2.75, 3.05) is 34.0 Å². The number of fused-ring (bicyclic) bond motifs is 2. The summed E-state index contributed by atoms with van der Waals surface area (Å²) in [5.74, 6) is 2.08. The van der Waals surface area contributed by atoms with E-state index in [0.717, 1.165) is 5.56 Å². The number of halogens is 1. The van der Waals surface area contributed by atoms with E-state index in [9.17, 15) is 9.59 Å². The Hall–Kier alpha value is -3.46. The minimum Gasteiger partial charge on any atom is -0.493 e. The summed E-state index contributed by atoms with van der Waals surface area (Å²) >= 11 is 6.26. The van der Waals surface area contributed by atoms with E-state index >= 15 is 0 Å². The average Bonchev–Trinajstić information content (AvgIpc) is 2.85. The van der Waals surface area contributed by atoms with Crippen LogP contribution < -0.4 is 29.8 Å². The number of aryl methyl sites for hydroxylation is 1. The lowest BCUT2D eigenvalue weighted by Gasteiger charge is -2.20. The molecule has 1 aliphatic heterocycles. The lowest BCUT2D eigenvalue weighted by Crippen LogP contribution is -2.26. The van der Waals surface area contributed by atoms with E-state index in [4.69, 9.17) is 30.5 Å². The monoisotopic (exact) mass is 487 g/mol. The molecule has 1 N–H and O–H groups in total. The molecule has 3 aromatic rings. The summed E-state index contributed by atoms with van der Waals surface area (Å²) < 4.78 is 23.1. The zero-order valence-electron chi connectivity index (χ0n) is 19.1. The number of aromatic nitrogens is 2. The number of benzene rings is 2.